The van der Waals surface area contributed by atoms with Gasteiger partial charge in [0.15, 0.2) is 5.82 Å². The number of fused-ring (bicyclic) bond motifs is 1. The molecule has 1 aliphatic rings. The number of anilines is 3. The molecule has 0 atom stereocenters. The van der Waals surface area contributed by atoms with Gasteiger partial charge >= 0.3 is 0 Å². The molecule has 7 nitrogen and oxygen atoms in total. The van der Waals surface area contributed by atoms with Crippen LogP contribution in [0.2, 0.25) is 0 Å². The zero-order valence-electron chi connectivity index (χ0n) is 16.9. The van der Waals surface area contributed by atoms with Gasteiger partial charge in [0, 0.05) is 40.6 Å². The molecule has 4 rings (SSSR count). The zero-order valence-corrected chi connectivity index (χ0v) is 17.7. The highest BCUT2D eigenvalue weighted by Crippen LogP contribution is 2.31. The van der Waals surface area contributed by atoms with Gasteiger partial charge in [0.05, 0.1) is 5.75 Å². The largest absolute Gasteiger partial charge is 0.340 e. The highest BCUT2D eigenvalue weighted by molar-refractivity contribution is 7.92. The van der Waals surface area contributed by atoms with Crippen LogP contribution in [0.4, 0.5) is 17.2 Å². The molecule has 1 aliphatic carbocycles. The molecule has 8 heteroatoms. The average molecular weight is 424 g/mol. The van der Waals surface area contributed by atoms with Crippen molar-refractivity contribution in [1.29, 1.82) is 0 Å². The summed E-state index contributed by atoms with van der Waals surface area (Å²) in [5.41, 5.74) is 4.57. The van der Waals surface area contributed by atoms with E-state index in [4.69, 9.17) is 9.97 Å². The minimum Gasteiger partial charge on any atom is -0.340 e. The summed E-state index contributed by atoms with van der Waals surface area (Å²) in [5, 5.41) is 3.39. The van der Waals surface area contributed by atoms with Crippen LogP contribution in [0.1, 0.15) is 37.4 Å². The van der Waals surface area contributed by atoms with Gasteiger partial charge in [-0.25, -0.2) is 18.4 Å². The van der Waals surface area contributed by atoms with E-state index < -0.39 is 10.0 Å². The van der Waals surface area contributed by atoms with Crippen molar-refractivity contribution in [2.24, 2.45) is 0 Å². The fourth-order valence-electron chi connectivity index (χ4n) is 3.49. The number of nitrogens with zero attached hydrogens (tertiary/aromatic N) is 3. The Morgan fingerprint density at radius 1 is 0.967 bits per heavy atom. The Morgan fingerprint density at radius 3 is 2.43 bits per heavy atom. The van der Waals surface area contributed by atoms with Gasteiger partial charge in [-0.15, -0.1) is 0 Å². The number of sulfonamides is 1. The lowest BCUT2D eigenvalue weighted by atomic mass is 10.2. The van der Waals surface area contributed by atoms with Gasteiger partial charge in [-0.1, -0.05) is 13.3 Å². The van der Waals surface area contributed by atoms with Crippen molar-refractivity contribution in [2.45, 2.75) is 39.0 Å². The second kappa shape index (κ2) is 8.79. The lowest BCUT2D eigenvalue weighted by molar-refractivity contribution is 0.598. The number of pyridine rings is 1. The van der Waals surface area contributed by atoms with Gasteiger partial charge < -0.3 is 5.32 Å². The highest BCUT2D eigenvalue weighted by Gasteiger charge is 2.20. The van der Waals surface area contributed by atoms with E-state index in [0.29, 0.717) is 17.9 Å². The normalized spacial score (nSPS) is 13.1. The molecular weight excluding hydrogens is 398 g/mol. The molecule has 0 amide bonds. The van der Waals surface area contributed by atoms with Crippen LogP contribution >= 0.6 is 0 Å². The number of hydrogen-bond donors (Lipinski definition) is 2. The van der Waals surface area contributed by atoms with Crippen LogP contribution in [-0.2, 0) is 22.9 Å². The summed E-state index contributed by atoms with van der Waals surface area (Å²) in [7, 11) is -3.31. The maximum absolute atomic E-state index is 12.1. The number of unbranched alkanes of at least 4 members (excludes halogenated alkanes) is 1. The number of aromatic nitrogens is 3. The van der Waals surface area contributed by atoms with Crippen molar-refractivity contribution in [2.75, 3.05) is 15.8 Å². The maximum atomic E-state index is 12.1. The molecule has 3 aromatic rings. The van der Waals surface area contributed by atoms with Crippen molar-refractivity contribution in [3.8, 4) is 11.4 Å². The molecule has 0 saturated carbocycles. The second-order valence-electron chi connectivity index (χ2n) is 7.39. The first-order valence-electron chi connectivity index (χ1n) is 10.2. The van der Waals surface area contributed by atoms with Crippen LogP contribution in [0.5, 0.6) is 0 Å². The Balaban J connectivity index is 1.55. The molecule has 0 bridgehead atoms. The average Bonchev–Trinajstić information content (AvgIpc) is 3.23. The van der Waals surface area contributed by atoms with E-state index in [2.05, 4.69) is 15.0 Å². The molecule has 0 radical (unpaired) electrons. The van der Waals surface area contributed by atoms with Gasteiger partial charge in [0.1, 0.15) is 5.82 Å². The number of hydrogen-bond acceptors (Lipinski definition) is 6. The Bertz CT molecular complexity index is 1120. The summed E-state index contributed by atoms with van der Waals surface area (Å²) in [6.07, 6.45) is 7.92. The van der Waals surface area contributed by atoms with Gasteiger partial charge in [-0.05, 0) is 62.1 Å². The number of aryl methyl sites for hydroxylation is 1. The van der Waals surface area contributed by atoms with Gasteiger partial charge in [0.2, 0.25) is 10.0 Å². The van der Waals surface area contributed by atoms with Crippen molar-refractivity contribution in [3.63, 3.8) is 0 Å². The summed E-state index contributed by atoms with van der Waals surface area (Å²) in [6, 6.07) is 11.0. The molecule has 2 aromatic heterocycles. The SMILES string of the molecule is CCCCS(=O)(=O)Nc1ccc(Nc2nc(-c3ccncc3)nc3c2CCC3)cc1. The maximum Gasteiger partial charge on any atom is 0.232 e. The Labute approximate surface area is 177 Å². The van der Waals surface area contributed by atoms with Crippen molar-refractivity contribution >= 4 is 27.2 Å². The highest BCUT2D eigenvalue weighted by atomic mass is 32.2. The third-order valence-electron chi connectivity index (χ3n) is 5.06. The first kappa shape index (κ1) is 20.3. The van der Waals surface area contributed by atoms with E-state index in [1.54, 1.807) is 24.5 Å². The molecule has 0 aliphatic heterocycles. The van der Waals surface area contributed by atoms with Crippen LogP contribution in [0, 0.1) is 0 Å². The van der Waals surface area contributed by atoms with Gasteiger partial charge in [-0.2, -0.15) is 0 Å². The number of rotatable bonds is 8. The lowest BCUT2D eigenvalue weighted by Crippen LogP contribution is -2.16. The fourth-order valence-corrected chi connectivity index (χ4v) is 4.76. The van der Waals surface area contributed by atoms with E-state index >= 15 is 0 Å². The molecule has 0 unspecified atom stereocenters. The Morgan fingerprint density at radius 2 is 1.70 bits per heavy atom. The quantitative estimate of drug-likeness (QED) is 0.560. The molecule has 1 aromatic carbocycles. The Kier molecular flexibility index (Phi) is 5.94. The van der Waals surface area contributed by atoms with Crippen LogP contribution in [-0.4, -0.2) is 29.1 Å². The predicted molar refractivity (Wildman–Crippen MR) is 119 cm³/mol. The van der Waals surface area contributed by atoms with Crippen LogP contribution in [0.15, 0.2) is 48.8 Å². The first-order valence-corrected chi connectivity index (χ1v) is 11.9. The van der Waals surface area contributed by atoms with Crippen molar-refractivity contribution in [3.05, 3.63) is 60.0 Å². The Hall–Kier alpha value is -3.00. The molecule has 156 valence electrons. The van der Waals surface area contributed by atoms with E-state index in [-0.39, 0.29) is 5.75 Å². The first-order chi connectivity index (χ1) is 14.5. The second-order valence-corrected chi connectivity index (χ2v) is 9.23. The number of nitrogens with one attached hydrogen (secondary N) is 2. The lowest BCUT2D eigenvalue weighted by Gasteiger charge is -2.13. The monoisotopic (exact) mass is 423 g/mol. The predicted octanol–water partition coefficient (Wildman–Crippen LogP) is 4.31. The van der Waals surface area contributed by atoms with Crippen LogP contribution in [0.25, 0.3) is 11.4 Å². The third kappa shape index (κ3) is 4.76. The van der Waals surface area contributed by atoms with E-state index in [9.17, 15) is 8.42 Å². The third-order valence-corrected chi connectivity index (χ3v) is 6.43. The van der Waals surface area contributed by atoms with Crippen LogP contribution < -0.4 is 10.0 Å². The topological polar surface area (TPSA) is 96.9 Å². The van der Waals surface area contributed by atoms with Gasteiger partial charge in [-0.3, -0.25) is 9.71 Å². The molecule has 0 spiro atoms. The minimum atomic E-state index is -3.31. The standard InChI is InChI=1S/C22H25N5O2S/c1-2-3-15-30(28,29)27-18-9-7-17(8-10-18)24-22-19-5-4-6-20(19)25-21(26-22)16-11-13-23-14-12-16/h7-14,27H,2-6,15H2,1H3,(H,24,25,26). The fraction of sp³-hybridized carbons (Fsp3) is 0.318. The number of benzene rings is 1. The molecule has 0 saturated heterocycles. The zero-order chi connectivity index (χ0) is 21.0. The minimum absolute atomic E-state index is 0.133. The summed E-state index contributed by atoms with van der Waals surface area (Å²) < 4.78 is 26.8. The van der Waals surface area contributed by atoms with Crippen LogP contribution in [0.3, 0.4) is 0 Å². The summed E-state index contributed by atoms with van der Waals surface area (Å²) in [6.45, 7) is 1.97. The van der Waals surface area contributed by atoms with E-state index in [1.165, 1.54) is 0 Å². The smallest absolute Gasteiger partial charge is 0.232 e. The van der Waals surface area contributed by atoms with Gasteiger partial charge in [0.25, 0.3) is 0 Å². The summed E-state index contributed by atoms with van der Waals surface area (Å²) in [4.78, 5) is 13.6. The van der Waals surface area contributed by atoms with Crippen molar-refractivity contribution in [1.82, 2.24) is 15.0 Å². The summed E-state index contributed by atoms with van der Waals surface area (Å²) in [5.74, 6) is 1.62. The molecule has 30 heavy (non-hydrogen) atoms. The molecule has 2 N–H and O–H groups in total. The molecule has 2 heterocycles. The van der Waals surface area contributed by atoms with Crippen molar-refractivity contribution < 1.29 is 8.42 Å². The van der Waals surface area contributed by atoms with E-state index in [0.717, 1.165) is 54.0 Å². The molecular formula is C22H25N5O2S. The summed E-state index contributed by atoms with van der Waals surface area (Å²) >= 11 is 0. The molecule has 0 fully saturated rings. The van der Waals surface area contributed by atoms with E-state index in [1.807, 2.05) is 31.2 Å².